The van der Waals surface area contributed by atoms with Gasteiger partial charge >= 0.3 is 6.03 Å². The number of nitrogens with one attached hydrogen (secondary N) is 2. The van der Waals surface area contributed by atoms with E-state index < -0.39 is 0 Å². The van der Waals surface area contributed by atoms with Crippen molar-refractivity contribution in [1.29, 1.82) is 0 Å². The number of urea groups is 1. The van der Waals surface area contributed by atoms with Crippen LogP contribution < -0.4 is 16.4 Å². The Kier molecular flexibility index (Phi) is 2.57. The van der Waals surface area contributed by atoms with Crippen LogP contribution in [-0.2, 0) is 0 Å². The second-order valence-electron chi connectivity index (χ2n) is 3.93. The van der Waals surface area contributed by atoms with Gasteiger partial charge in [-0.05, 0) is 11.8 Å². The maximum absolute atomic E-state index is 11.1. The molecule has 0 spiro atoms. The number of rotatable bonds is 3. The standard InChI is InChI=1S/C8H17N3O/c1-8(2)5-6(8)11-7(12)10-4-3-9/h6H,3-5,9H2,1-2H3,(H2,10,11,12). The van der Waals surface area contributed by atoms with E-state index in [1.165, 1.54) is 0 Å². The molecule has 1 fully saturated rings. The zero-order chi connectivity index (χ0) is 9.19. The minimum atomic E-state index is -0.101. The highest BCUT2D eigenvalue weighted by Crippen LogP contribution is 2.44. The summed E-state index contributed by atoms with van der Waals surface area (Å²) in [5, 5.41) is 5.54. The van der Waals surface area contributed by atoms with Crippen LogP contribution in [0.3, 0.4) is 0 Å². The number of amides is 2. The maximum atomic E-state index is 11.1. The lowest BCUT2D eigenvalue weighted by Gasteiger charge is -2.07. The minimum Gasteiger partial charge on any atom is -0.337 e. The van der Waals surface area contributed by atoms with E-state index in [1.54, 1.807) is 0 Å². The van der Waals surface area contributed by atoms with E-state index in [1.807, 2.05) is 0 Å². The number of hydrogen-bond donors (Lipinski definition) is 3. The molecule has 0 aliphatic heterocycles. The zero-order valence-corrected chi connectivity index (χ0v) is 7.68. The molecule has 0 aromatic rings. The van der Waals surface area contributed by atoms with Gasteiger partial charge in [-0.1, -0.05) is 13.8 Å². The van der Waals surface area contributed by atoms with E-state index in [-0.39, 0.29) is 6.03 Å². The summed E-state index contributed by atoms with van der Waals surface area (Å²) < 4.78 is 0. The SMILES string of the molecule is CC1(C)CC1NC(=O)NCCN. The topological polar surface area (TPSA) is 67.2 Å². The molecule has 12 heavy (non-hydrogen) atoms. The fourth-order valence-corrected chi connectivity index (χ4v) is 1.11. The lowest BCUT2D eigenvalue weighted by Crippen LogP contribution is -2.40. The molecular weight excluding hydrogens is 154 g/mol. The monoisotopic (exact) mass is 171 g/mol. The van der Waals surface area contributed by atoms with Gasteiger partial charge in [0.2, 0.25) is 0 Å². The molecule has 4 heteroatoms. The van der Waals surface area contributed by atoms with Crippen LogP contribution in [0.5, 0.6) is 0 Å². The summed E-state index contributed by atoms with van der Waals surface area (Å²) in [5.41, 5.74) is 5.53. The largest absolute Gasteiger partial charge is 0.337 e. The van der Waals surface area contributed by atoms with Crippen molar-refractivity contribution in [2.75, 3.05) is 13.1 Å². The molecule has 1 aliphatic carbocycles. The van der Waals surface area contributed by atoms with Crippen LogP contribution in [0.25, 0.3) is 0 Å². The molecule has 1 aliphatic rings. The van der Waals surface area contributed by atoms with Crippen LogP contribution in [0, 0.1) is 5.41 Å². The van der Waals surface area contributed by atoms with Gasteiger partial charge in [-0.3, -0.25) is 0 Å². The van der Waals surface area contributed by atoms with Gasteiger partial charge < -0.3 is 16.4 Å². The van der Waals surface area contributed by atoms with Crippen molar-refractivity contribution >= 4 is 6.03 Å². The molecule has 1 atom stereocenters. The first-order chi connectivity index (χ1) is 5.56. The number of carbonyl (C=O) groups is 1. The van der Waals surface area contributed by atoms with Crippen LogP contribution in [0.2, 0.25) is 0 Å². The van der Waals surface area contributed by atoms with E-state index in [4.69, 9.17) is 5.73 Å². The predicted octanol–water partition coefficient (Wildman–Crippen LogP) is 0.0428. The second-order valence-corrected chi connectivity index (χ2v) is 3.93. The maximum Gasteiger partial charge on any atom is 0.315 e. The van der Waals surface area contributed by atoms with Gasteiger partial charge in [0, 0.05) is 19.1 Å². The van der Waals surface area contributed by atoms with Crippen LogP contribution in [0.1, 0.15) is 20.3 Å². The van der Waals surface area contributed by atoms with Gasteiger partial charge in [-0.25, -0.2) is 4.79 Å². The average molecular weight is 171 g/mol. The Morgan fingerprint density at radius 3 is 2.67 bits per heavy atom. The molecule has 70 valence electrons. The smallest absolute Gasteiger partial charge is 0.315 e. The molecule has 0 aromatic carbocycles. The third-order valence-corrected chi connectivity index (χ3v) is 2.25. The second kappa shape index (κ2) is 3.31. The molecule has 4 nitrogen and oxygen atoms in total. The van der Waals surface area contributed by atoms with Crippen LogP contribution in [0.15, 0.2) is 0 Å². The van der Waals surface area contributed by atoms with Crippen molar-refractivity contribution in [3.63, 3.8) is 0 Å². The highest BCUT2D eigenvalue weighted by molar-refractivity contribution is 5.74. The summed E-state index contributed by atoms with van der Waals surface area (Å²) in [6.07, 6.45) is 1.07. The first-order valence-electron chi connectivity index (χ1n) is 4.31. The molecule has 0 bridgehead atoms. The van der Waals surface area contributed by atoms with E-state index in [0.29, 0.717) is 24.5 Å². The number of hydrogen-bond acceptors (Lipinski definition) is 2. The molecule has 0 aromatic heterocycles. The van der Waals surface area contributed by atoms with Crippen LogP contribution in [-0.4, -0.2) is 25.2 Å². The Balaban J connectivity index is 2.12. The zero-order valence-electron chi connectivity index (χ0n) is 7.68. The van der Waals surface area contributed by atoms with Crippen LogP contribution in [0.4, 0.5) is 4.79 Å². The third-order valence-electron chi connectivity index (χ3n) is 2.25. The summed E-state index contributed by atoms with van der Waals surface area (Å²) in [6, 6.07) is 0.242. The average Bonchev–Trinajstić information content (AvgIpc) is 2.54. The number of nitrogens with two attached hydrogens (primary N) is 1. The quantitative estimate of drug-likeness (QED) is 0.561. The van der Waals surface area contributed by atoms with E-state index >= 15 is 0 Å². The minimum absolute atomic E-state index is 0.101. The molecule has 0 radical (unpaired) electrons. The normalized spacial score (nSPS) is 24.8. The Bertz CT molecular complexity index is 179. The van der Waals surface area contributed by atoms with Crippen molar-refractivity contribution in [1.82, 2.24) is 10.6 Å². The van der Waals surface area contributed by atoms with E-state index in [9.17, 15) is 4.79 Å². The Morgan fingerprint density at radius 2 is 2.25 bits per heavy atom. The first kappa shape index (κ1) is 9.32. The lowest BCUT2D eigenvalue weighted by atomic mass is 10.2. The highest BCUT2D eigenvalue weighted by Gasteiger charge is 2.46. The van der Waals surface area contributed by atoms with Gasteiger partial charge in [-0.15, -0.1) is 0 Å². The lowest BCUT2D eigenvalue weighted by molar-refractivity contribution is 0.239. The summed E-state index contributed by atoms with van der Waals surface area (Å²) in [7, 11) is 0. The molecule has 1 rings (SSSR count). The Labute approximate surface area is 72.9 Å². The van der Waals surface area contributed by atoms with Gasteiger partial charge in [0.1, 0.15) is 0 Å². The summed E-state index contributed by atoms with van der Waals surface area (Å²) >= 11 is 0. The molecule has 4 N–H and O–H groups in total. The third kappa shape index (κ3) is 2.37. The summed E-state index contributed by atoms with van der Waals surface area (Å²) in [5.74, 6) is 0. The molecule has 2 amide bonds. The molecular formula is C8H17N3O. The Hall–Kier alpha value is -0.770. The van der Waals surface area contributed by atoms with Crippen LogP contribution >= 0.6 is 0 Å². The summed E-state index contributed by atoms with van der Waals surface area (Å²) in [4.78, 5) is 11.1. The van der Waals surface area contributed by atoms with Gasteiger partial charge in [0.25, 0.3) is 0 Å². The highest BCUT2D eigenvalue weighted by atomic mass is 16.2. The molecule has 0 heterocycles. The van der Waals surface area contributed by atoms with E-state index in [0.717, 1.165) is 6.42 Å². The van der Waals surface area contributed by atoms with Crippen molar-refractivity contribution in [2.45, 2.75) is 26.3 Å². The van der Waals surface area contributed by atoms with Crippen molar-refractivity contribution < 1.29 is 4.79 Å². The predicted molar refractivity (Wildman–Crippen MR) is 47.8 cm³/mol. The van der Waals surface area contributed by atoms with Crippen molar-refractivity contribution in [2.24, 2.45) is 11.1 Å². The molecule has 1 saturated carbocycles. The van der Waals surface area contributed by atoms with Gasteiger partial charge in [-0.2, -0.15) is 0 Å². The first-order valence-corrected chi connectivity index (χ1v) is 4.31. The fraction of sp³-hybridized carbons (Fsp3) is 0.875. The van der Waals surface area contributed by atoms with Gasteiger partial charge in [0.15, 0.2) is 0 Å². The number of carbonyl (C=O) groups excluding carboxylic acids is 1. The molecule has 1 unspecified atom stereocenters. The Morgan fingerprint density at radius 1 is 1.67 bits per heavy atom. The van der Waals surface area contributed by atoms with E-state index in [2.05, 4.69) is 24.5 Å². The van der Waals surface area contributed by atoms with Crippen molar-refractivity contribution in [3.05, 3.63) is 0 Å². The molecule has 0 saturated heterocycles. The fourth-order valence-electron chi connectivity index (χ4n) is 1.11. The van der Waals surface area contributed by atoms with Gasteiger partial charge in [0.05, 0.1) is 0 Å². The van der Waals surface area contributed by atoms with Crippen molar-refractivity contribution in [3.8, 4) is 0 Å². The summed E-state index contributed by atoms with van der Waals surface area (Å²) in [6.45, 7) is 5.31.